The first-order chi connectivity index (χ1) is 32.5. The van der Waals surface area contributed by atoms with E-state index >= 15 is 0 Å². The maximum Gasteiger partial charge on any atom is 0.293 e. The molecule has 2 N–H and O–H groups in total. The van der Waals surface area contributed by atoms with Gasteiger partial charge in [0.25, 0.3) is 12.4 Å². The van der Waals surface area contributed by atoms with Crippen molar-refractivity contribution in [2.45, 2.75) is 125 Å². The number of aromatic nitrogens is 2. The summed E-state index contributed by atoms with van der Waals surface area (Å²) in [6, 6.07) is 16.5. The smallest absolute Gasteiger partial charge is 0.293 e. The zero-order valence-electron chi connectivity index (χ0n) is 42.3. The van der Waals surface area contributed by atoms with Crippen LogP contribution < -0.4 is 10.7 Å². The number of hydrazine groups is 1. The number of nitrogens with one attached hydrogen (secondary N) is 2. The highest BCUT2D eigenvalue weighted by molar-refractivity contribution is 5.96. The lowest BCUT2D eigenvalue weighted by atomic mass is 9.84. The third kappa shape index (κ3) is 11.9. The number of benzene rings is 2. The van der Waals surface area contributed by atoms with Gasteiger partial charge in [0.1, 0.15) is 12.1 Å². The van der Waals surface area contributed by atoms with Crippen LogP contribution >= 0.6 is 0 Å². The molecule has 14 nitrogen and oxygen atoms in total. The number of amides is 4. The minimum absolute atomic E-state index is 0.214. The molecule has 368 valence electrons. The van der Waals surface area contributed by atoms with E-state index in [-0.39, 0.29) is 48.8 Å². The lowest BCUT2D eigenvalue weighted by Gasteiger charge is -2.35. The molecule has 2 saturated heterocycles. The average Bonchev–Trinajstić information content (AvgIpc) is 3.88. The van der Waals surface area contributed by atoms with Gasteiger partial charge in [-0.05, 0) is 105 Å². The Morgan fingerprint density at radius 2 is 1.76 bits per heavy atom. The van der Waals surface area contributed by atoms with E-state index in [0.717, 1.165) is 62.9 Å². The van der Waals surface area contributed by atoms with Crippen LogP contribution in [0.4, 0.5) is 0 Å². The highest BCUT2D eigenvalue weighted by Gasteiger charge is 2.42. The Balaban J connectivity index is 0.00000426. The average molecular weight is 934 g/mol. The van der Waals surface area contributed by atoms with Crippen molar-refractivity contribution in [3.63, 3.8) is 0 Å². The molecule has 0 radical (unpaired) electrons. The summed E-state index contributed by atoms with van der Waals surface area (Å²) in [5, 5.41) is 5.78. The van der Waals surface area contributed by atoms with Gasteiger partial charge in [-0.3, -0.25) is 34.0 Å². The van der Waals surface area contributed by atoms with Crippen LogP contribution in [0.5, 0.6) is 0 Å². The predicted molar refractivity (Wildman–Crippen MR) is 268 cm³/mol. The van der Waals surface area contributed by atoms with E-state index in [1.54, 1.807) is 30.3 Å². The van der Waals surface area contributed by atoms with Crippen molar-refractivity contribution in [1.82, 2.24) is 35.1 Å². The van der Waals surface area contributed by atoms with Gasteiger partial charge in [0.15, 0.2) is 0 Å². The zero-order chi connectivity index (χ0) is 49.9. The lowest BCUT2D eigenvalue weighted by Crippen LogP contribution is -2.60. The second kappa shape index (κ2) is 23.9. The van der Waals surface area contributed by atoms with Crippen molar-refractivity contribution in [3.05, 3.63) is 90.3 Å². The van der Waals surface area contributed by atoms with E-state index in [2.05, 4.69) is 73.0 Å². The van der Waals surface area contributed by atoms with Gasteiger partial charge in [-0.15, -0.1) is 0 Å². The molecule has 2 fully saturated rings. The fraction of sp³-hybridized carbons (Fsp3) is 0.519. The number of likely N-dealkylation sites (N-methyl/N-ethyl adjacent to an activating group) is 1. The van der Waals surface area contributed by atoms with Crippen LogP contribution in [0.25, 0.3) is 33.3 Å². The lowest BCUT2D eigenvalue weighted by molar-refractivity contribution is -0.146. The third-order valence-electron chi connectivity index (χ3n) is 13.4. The standard InChI is InChI=1S/C52H69N7O7.C2H6/c1-11-45(61)58-26-22-39(34(58)5)50(63)56(9)47(33(3)4)49(62)55-43(51(64)59-25-14-13-24-54-59)28-36-17-15-18-37(27-36)38-20-21-44-41(29-38)42(30-52(7,8)31-66-32-60)48(57(44)12-2)40-19-16-23-53-46(40)35(6)65-10;1-2/h11,15-21,23,27,29,32-35,39,43,47,54H,1,12-14,22,24-26,28,30-31H2,2-10H3,(H,55,62);1-2H3. The maximum atomic E-state index is 14.5. The van der Waals surface area contributed by atoms with Gasteiger partial charge in [-0.25, -0.2) is 5.43 Å². The number of hydrogen-bond donors (Lipinski definition) is 2. The molecule has 2 aliphatic rings. The highest BCUT2D eigenvalue weighted by Crippen LogP contribution is 2.42. The summed E-state index contributed by atoms with van der Waals surface area (Å²) in [6.07, 6.45) is 5.89. The molecular weight excluding hydrogens is 859 g/mol. The molecule has 2 aromatic carbocycles. The Labute approximate surface area is 403 Å². The fourth-order valence-corrected chi connectivity index (χ4v) is 9.92. The zero-order valence-corrected chi connectivity index (χ0v) is 42.3. The molecule has 2 aromatic heterocycles. The Morgan fingerprint density at radius 1 is 1.03 bits per heavy atom. The first-order valence-electron chi connectivity index (χ1n) is 24.4. The molecule has 2 aliphatic heterocycles. The molecule has 5 unspecified atom stereocenters. The van der Waals surface area contributed by atoms with Gasteiger partial charge >= 0.3 is 0 Å². The van der Waals surface area contributed by atoms with Crippen LogP contribution in [0.3, 0.4) is 0 Å². The normalized spacial score (nSPS) is 17.5. The second-order valence-corrected chi connectivity index (χ2v) is 18.9. The summed E-state index contributed by atoms with van der Waals surface area (Å²) in [5.74, 6) is -1.83. The first kappa shape index (κ1) is 53.1. The summed E-state index contributed by atoms with van der Waals surface area (Å²) >= 11 is 0. The number of likely N-dealkylation sites (tertiary alicyclic amines) is 1. The number of ether oxygens (including phenoxy) is 2. The summed E-state index contributed by atoms with van der Waals surface area (Å²) in [5.41, 5.74) is 10.6. The topological polar surface area (TPSA) is 155 Å². The van der Waals surface area contributed by atoms with E-state index in [0.29, 0.717) is 45.5 Å². The summed E-state index contributed by atoms with van der Waals surface area (Å²) in [7, 11) is 3.32. The van der Waals surface area contributed by atoms with Crippen LogP contribution in [-0.2, 0) is 52.8 Å². The van der Waals surface area contributed by atoms with E-state index < -0.39 is 29.3 Å². The minimum atomic E-state index is -0.927. The van der Waals surface area contributed by atoms with Gasteiger partial charge in [0.05, 0.1) is 30.0 Å². The monoisotopic (exact) mass is 934 g/mol. The quantitative estimate of drug-likeness (QED) is 0.0705. The van der Waals surface area contributed by atoms with Crippen LogP contribution in [-0.4, -0.2) is 113 Å². The summed E-state index contributed by atoms with van der Waals surface area (Å²) in [6.45, 7) is 24.6. The van der Waals surface area contributed by atoms with Gasteiger partial charge in [0.2, 0.25) is 17.7 Å². The van der Waals surface area contributed by atoms with E-state index in [1.165, 1.54) is 11.0 Å². The molecular formula is C54H75N7O7. The molecule has 5 atom stereocenters. The van der Waals surface area contributed by atoms with E-state index in [1.807, 2.05) is 65.8 Å². The van der Waals surface area contributed by atoms with Gasteiger partial charge in [0, 0.05) is 80.9 Å². The van der Waals surface area contributed by atoms with E-state index in [9.17, 15) is 24.0 Å². The molecule has 4 heterocycles. The third-order valence-corrected chi connectivity index (χ3v) is 13.4. The van der Waals surface area contributed by atoms with Crippen molar-refractivity contribution in [3.8, 4) is 22.4 Å². The van der Waals surface area contributed by atoms with E-state index in [4.69, 9.17) is 14.5 Å². The van der Waals surface area contributed by atoms with Gasteiger partial charge in [-0.2, -0.15) is 0 Å². The van der Waals surface area contributed by atoms with Crippen LogP contribution in [0, 0.1) is 17.3 Å². The number of carbonyl (C=O) groups excluding carboxylic acids is 5. The molecule has 6 rings (SSSR count). The molecule has 14 heteroatoms. The molecule has 0 aliphatic carbocycles. The van der Waals surface area contributed by atoms with Crippen LogP contribution in [0.15, 0.2) is 73.4 Å². The van der Waals surface area contributed by atoms with Crippen molar-refractivity contribution < 1.29 is 33.4 Å². The Morgan fingerprint density at radius 3 is 2.41 bits per heavy atom. The highest BCUT2D eigenvalue weighted by atomic mass is 16.5. The molecule has 4 aromatic rings. The Hall–Kier alpha value is -5.86. The molecule has 0 spiro atoms. The number of pyridine rings is 1. The Kier molecular flexibility index (Phi) is 18.7. The van der Waals surface area contributed by atoms with Crippen molar-refractivity contribution in [2.75, 3.05) is 40.4 Å². The minimum Gasteiger partial charge on any atom is -0.467 e. The van der Waals surface area contributed by atoms with Gasteiger partial charge < -0.3 is 29.2 Å². The number of aryl methyl sites for hydroxylation is 1. The number of nitrogens with zero attached hydrogens (tertiary/aromatic N) is 5. The van der Waals surface area contributed by atoms with Gasteiger partial charge in [-0.1, -0.05) is 78.5 Å². The van der Waals surface area contributed by atoms with Crippen LogP contribution in [0.1, 0.15) is 105 Å². The van der Waals surface area contributed by atoms with Crippen molar-refractivity contribution >= 4 is 41.0 Å². The fourth-order valence-electron chi connectivity index (χ4n) is 9.92. The predicted octanol–water partition coefficient (Wildman–Crippen LogP) is 7.93. The SMILES string of the molecule is C=CC(=O)N1CCC(C(=O)N(C)C(C(=O)NC(Cc2cccc(-c3ccc4c(c3)c(CC(C)(C)COC=O)c(-c3cccnc3C(C)OC)n4CC)c2)C(=O)N2CCCCN2)C(C)C)C1C.CC. The number of fused-ring (bicyclic) bond motifs is 1. The number of carbonyl (C=O) groups is 5. The molecule has 0 saturated carbocycles. The number of methoxy groups -OCH3 is 1. The molecule has 68 heavy (non-hydrogen) atoms. The van der Waals surface area contributed by atoms with Crippen molar-refractivity contribution in [2.24, 2.45) is 17.3 Å². The second-order valence-electron chi connectivity index (χ2n) is 18.9. The van der Waals surface area contributed by atoms with Crippen LogP contribution in [0.2, 0.25) is 0 Å². The number of rotatable bonds is 19. The molecule has 0 bridgehead atoms. The largest absolute Gasteiger partial charge is 0.467 e. The van der Waals surface area contributed by atoms with Crippen molar-refractivity contribution in [1.29, 1.82) is 0 Å². The summed E-state index contributed by atoms with van der Waals surface area (Å²) in [4.78, 5) is 74.6. The Bertz CT molecular complexity index is 2400. The summed E-state index contributed by atoms with van der Waals surface area (Å²) < 4.78 is 13.4. The number of hydrogen-bond acceptors (Lipinski definition) is 9. The maximum absolute atomic E-state index is 14.5. The molecule has 4 amide bonds. The first-order valence-corrected chi connectivity index (χ1v) is 24.4.